The van der Waals surface area contributed by atoms with Crippen molar-refractivity contribution >= 4 is 0 Å². The van der Waals surface area contributed by atoms with E-state index in [0.29, 0.717) is 37.0 Å². The molecule has 1 aromatic carbocycles. The molecule has 3 aromatic rings. The number of fused-ring (bicyclic) bond motifs is 2. The maximum atomic E-state index is 14.0. The lowest BCUT2D eigenvalue weighted by molar-refractivity contribution is 0.294. The minimum Gasteiger partial charge on any atom is -0.494 e. The van der Waals surface area contributed by atoms with Crippen LogP contribution in [0.2, 0.25) is 0 Å². The van der Waals surface area contributed by atoms with Crippen LogP contribution in [-0.2, 0) is 0 Å². The van der Waals surface area contributed by atoms with Crippen molar-refractivity contribution in [3.8, 4) is 17.5 Å². The minimum atomic E-state index is -1.03. The molecule has 6 rings (SSSR count). The van der Waals surface area contributed by atoms with Crippen LogP contribution in [0.1, 0.15) is 98.9 Å². The van der Waals surface area contributed by atoms with E-state index in [-0.39, 0.29) is 29.1 Å². The lowest BCUT2D eigenvalue weighted by Gasteiger charge is -2.31. The number of para-hydroxylation sites is 1. The van der Waals surface area contributed by atoms with Crippen LogP contribution in [-0.4, -0.2) is 24.2 Å². The van der Waals surface area contributed by atoms with Crippen LogP contribution in [0.3, 0.4) is 0 Å². The second-order valence-corrected chi connectivity index (χ2v) is 10.4. The molecular weight excluding hydrogens is 476 g/mol. The zero-order valence-corrected chi connectivity index (χ0v) is 20.5. The average Bonchev–Trinajstić information content (AvgIpc) is 2.89. The molecule has 1 atom stereocenters. The van der Waals surface area contributed by atoms with Crippen molar-refractivity contribution in [3.63, 3.8) is 0 Å². The summed E-state index contributed by atoms with van der Waals surface area (Å²) in [4.78, 5) is 58.4. The summed E-state index contributed by atoms with van der Waals surface area (Å²) in [6.07, 6.45) is 8.62. The van der Waals surface area contributed by atoms with E-state index in [1.807, 2.05) is 0 Å². The summed E-state index contributed by atoms with van der Waals surface area (Å²) in [5, 5.41) is 11.5. The molecule has 0 spiro atoms. The van der Waals surface area contributed by atoms with Gasteiger partial charge in [0, 0.05) is 17.6 Å². The van der Waals surface area contributed by atoms with Crippen LogP contribution in [0.15, 0.2) is 43.4 Å². The van der Waals surface area contributed by atoms with Gasteiger partial charge in [0.25, 0.3) is 11.1 Å². The standard InChI is InChI=1S/C27H30N4O6/c32-22-20(24(33)30(26(35)28-22)15-9-3-1-4-10-15)19-17-13-7-8-14-18(17)37-23-21(19)25(34)31(27(36)29-23)16-11-5-2-6-12-16/h7-8,13-16,19,33H,1-6,9-12H2,(H,29,36)(H,28,32,35). The minimum absolute atomic E-state index is 0.0417. The van der Waals surface area contributed by atoms with Gasteiger partial charge in [-0.2, -0.15) is 0 Å². The number of rotatable bonds is 3. The lowest BCUT2D eigenvalue weighted by atomic mass is 9.84. The van der Waals surface area contributed by atoms with Gasteiger partial charge in [-0.05, 0) is 31.7 Å². The Morgan fingerprint density at radius 2 is 1.35 bits per heavy atom. The van der Waals surface area contributed by atoms with Crippen LogP contribution in [0.4, 0.5) is 0 Å². The first-order valence-electron chi connectivity index (χ1n) is 13.2. The number of aromatic amines is 2. The Morgan fingerprint density at radius 1 is 0.757 bits per heavy atom. The summed E-state index contributed by atoms with van der Waals surface area (Å²) in [7, 11) is 0. The third kappa shape index (κ3) is 3.86. The van der Waals surface area contributed by atoms with Crippen molar-refractivity contribution in [1.82, 2.24) is 19.1 Å². The highest BCUT2D eigenvalue weighted by Crippen LogP contribution is 2.46. The molecule has 1 aliphatic heterocycles. The van der Waals surface area contributed by atoms with Crippen molar-refractivity contribution in [2.45, 2.75) is 82.2 Å². The van der Waals surface area contributed by atoms with E-state index in [4.69, 9.17) is 4.74 Å². The summed E-state index contributed by atoms with van der Waals surface area (Å²) < 4.78 is 8.46. The van der Waals surface area contributed by atoms with E-state index in [2.05, 4.69) is 9.97 Å². The van der Waals surface area contributed by atoms with Crippen LogP contribution in [0, 0.1) is 0 Å². The molecule has 10 heteroatoms. The summed E-state index contributed by atoms with van der Waals surface area (Å²) in [6.45, 7) is 0. The largest absolute Gasteiger partial charge is 0.494 e. The average molecular weight is 507 g/mol. The van der Waals surface area contributed by atoms with Gasteiger partial charge in [-0.25, -0.2) is 9.59 Å². The number of hydrogen-bond acceptors (Lipinski definition) is 6. The summed E-state index contributed by atoms with van der Waals surface area (Å²) in [5.74, 6) is -1.15. The number of H-pyrrole nitrogens is 2. The molecule has 37 heavy (non-hydrogen) atoms. The van der Waals surface area contributed by atoms with Gasteiger partial charge < -0.3 is 9.84 Å². The Bertz CT molecular complexity index is 1580. The first kappa shape index (κ1) is 23.6. The summed E-state index contributed by atoms with van der Waals surface area (Å²) in [6, 6.07) is 6.41. The highest BCUT2D eigenvalue weighted by Gasteiger charge is 2.39. The van der Waals surface area contributed by atoms with E-state index >= 15 is 0 Å². The van der Waals surface area contributed by atoms with Gasteiger partial charge in [0.05, 0.1) is 17.0 Å². The lowest BCUT2D eigenvalue weighted by Crippen LogP contribution is -2.43. The molecule has 1 unspecified atom stereocenters. The molecule has 0 amide bonds. The normalized spacial score (nSPS) is 20.2. The number of benzene rings is 1. The van der Waals surface area contributed by atoms with Gasteiger partial charge >= 0.3 is 11.4 Å². The highest BCUT2D eigenvalue weighted by molar-refractivity contribution is 5.57. The molecule has 2 saturated carbocycles. The molecule has 0 saturated heterocycles. The Kier molecular flexibility index (Phi) is 5.89. The number of ether oxygens (including phenoxy) is 1. The van der Waals surface area contributed by atoms with Gasteiger partial charge in [0.1, 0.15) is 5.75 Å². The summed E-state index contributed by atoms with van der Waals surface area (Å²) in [5.41, 5.74) is -2.04. The Morgan fingerprint density at radius 3 is 2.03 bits per heavy atom. The van der Waals surface area contributed by atoms with Gasteiger partial charge in [-0.15, -0.1) is 0 Å². The highest BCUT2D eigenvalue weighted by atomic mass is 16.5. The smallest absolute Gasteiger partial charge is 0.331 e. The molecule has 3 aliphatic rings. The molecule has 10 nitrogen and oxygen atoms in total. The number of hydrogen-bond donors (Lipinski definition) is 3. The Balaban J connectivity index is 1.62. The van der Waals surface area contributed by atoms with Crippen LogP contribution in [0.5, 0.6) is 17.5 Å². The third-order valence-corrected chi connectivity index (χ3v) is 8.19. The van der Waals surface area contributed by atoms with Gasteiger partial charge in [-0.1, -0.05) is 56.7 Å². The Labute approximate surface area is 211 Å². The number of nitrogens with zero attached hydrogens (tertiary/aromatic N) is 2. The summed E-state index contributed by atoms with van der Waals surface area (Å²) >= 11 is 0. The number of nitrogens with one attached hydrogen (secondary N) is 2. The zero-order valence-electron chi connectivity index (χ0n) is 20.5. The van der Waals surface area contributed by atoms with E-state index < -0.39 is 34.3 Å². The maximum Gasteiger partial charge on any atom is 0.331 e. The Hall–Kier alpha value is -3.82. The molecule has 2 aromatic heterocycles. The zero-order chi connectivity index (χ0) is 25.7. The molecule has 3 N–H and O–H groups in total. The molecule has 0 radical (unpaired) electrons. The maximum absolute atomic E-state index is 14.0. The van der Waals surface area contributed by atoms with Gasteiger partial charge in [0.2, 0.25) is 11.8 Å². The fourth-order valence-corrected chi connectivity index (χ4v) is 6.42. The van der Waals surface area contributed by atoms with E-state index in [1.165, 1.54) is 9.13 Å². The van der Waals surface area contributed by atoms with Crippen LogP contribution >= 0.6 is 0 Å². The van der Waals surface area contributed by atoms with E-state index in [9.17, 15) is 24.3 Å². The predicted octanol–water partition coefficient (Wildman–Crippen LogP) is 3.39. The van der Waals surface area contributed by atoms with Crippen molar-refractivity contribution < 1.29 is 9.84 Å². The molecule has 2 aliphatic carbocycles. The SMILES string of the molecule is O=c1[nH]c(=O)n(C2CCCCC2)c(O)c1C1c2ccccc2Oc2[nH]c(=O)n(C3CCCCC3)c(=O)c21. The third-order valence-electron chi connectivity index (χ3n) is 8.19. The molecular formula is C27H30N4O6. The van der Waals surface area contributed by atoms with Crippen molar-refractivity contribution in [2.24, 2.45) is 0 Å². The van der Waals surface area contributed by atoms with Crippen LogP contribution in [0.25, 0.3) is 0 Å². The van der Waals surface area contributed by atoms with Gasteiger partial charge in [0.15, 0.2) is 0 Å². The predicted molar refractivity (Wildman–Crippen MR) is 136 cm³/mol. The second-order valence-electron chi connectivity index (χ2n) is 10.4. The van der Waals surface area contributed by atoms with Crippen LogP contribution < -0.4 is 27.2 Å². The topological polar surface area (TPSA) is 139 Å². The second kappa shape index (κ2) is 9.24. The van der Waals surface area contributed by atoms with Crippen molar-refractivity contribution in [2.75, 3.05) is 0 Å². The fraction of sp³-hybridized carbons (Fsp3) is 0.481. The first-order chi connectivity index (χ1) is 18.0. The van der Waals surface area contributed by atoms with Crippen molar-refractivity contribution in [1.29, 1.82) is 0 Å². The van der Waals surface area contributed by atoms with E-state index in [0.717, 1.165) is 38.5 Å². The monoisotopic (exact) mass is 506 g/mol. The quantitative estimate of drug-likeness (QED) is 0.389. The van der Waals surface area contributed by atoms with E-state index in [1.54, 1.807) is 24.3 Å². The molecule has 194 valence electrons. The van der Waals surface area contributed by atoms with Crippen molar-refractivity contribution in [3.05, 3.63) is 82.6 Å². The molecule has 3 heterocycles. The number of aromatic hydroxyl groups is 1. The molecule has 0 bridgehead atoms. The fourth-order valence-electron chi connectivity index (χ4n) is 6.42. The molecule has 2 fully saturated rings. The first-order valence-corrected chi connectivity index (χ1v) is 13.2. The van der Waals surface area contributed by atoms with Gasteiger partial charge in [-0.3, -0.25) is 28.7 Å². The number of aromatic nitrogens is 4.